The molecule has 2 N–H and O–H groups in total. The molecule has 3 nitrogen and oxygen atoms in total. The summed E-state index contributed by atoms with van der Waals surface area (Å²) >= 11 is 0. The Morgan fingerprint density at radius 3 is 2.65 bits per heavy atom. The summed E-state index contributed by atoms with van der Waals surface area (Å²) in [5.74, 6) is 1.11. The van der Waals surface area contributed by atoms with Crippen molar-refractivity contribution in [3.8, 4) is 0 Å². The number of benzene rings is 1. The molecule has 0 unspecified atom stereocenters. The molecule has 92 valence electrons. The van der Waals surface area contributed by atoms with Crippen molar-refractivity contribution in [2.45, 2.75) is 39.0 Å². The summed E-state index contributed by atoms with van der Waals surface area (Å²) < 4.78 is 5.76. The van der Waals surface area contributed by atoms with E-state index in [1.165, 1.54) is 5.56 Å². The summed E-state index contributed by atoms with van der Waals surface area (Å²) in [6.07, 6.45) is 0. The molecule has 0 radical (unpaired) electrons. The summed E-state index contributed by atoms with van der Waals surface area (Å²) in [6, 6.07) is 6.15. The molecule has 17 heavy (non-hydrogen) atoms. The van der Waals surface area contributed by atoms with Gasteiger partial charge in [-0.25, -0.2) is 4.98 Å². The Morgan fingerprint density at radius 1 is 1.35 bits per heavy atom. The topological polar surface area (TPSA) is 52.0 Å². The molecule has 1 aromatic heterocycles. The van der Waals surface area contributed by atoms with E-state index in [9.17, 15) is 0 Å². The molecular formula is C14H20N2O. The van der Waals surface area contributed by atoms with Gasteiger partial charge in [-0.3, -0.25) is 0 Å². The van der Waals surface area contributed by atoms with Gasteiger partial charge in [-0.15, -0.1) is 0 Å². The van der Waals surface area contributed by atoms with Gasteiger partial charge in [0, 0.05) is 17.9 Å². The highest BCUT2D eigenvalue weighted by atomic mass is 16.3. The highest BCUT2D eigenvalue weighted by molar-refractivity contribution is 5.73. The van der Waals surface area contributed by atoms with Crippen LogP contribution in [0.2, 0.25) is 0 Å². The highest BCUT2D eigenvalue weighted by Crippen LogP contribution is 2.27. The van der Waals surface area contributed by atoms with Gasteiger partial charge in [0.05, 0.1) is 0 Å². The minimum Gasteiger partial charge on any atom is -0.440 e. The minimum atomic E-state index is -0.0288. The number of oxazole rings is 1. The van der Waals surface area contributed by atoms with Crippen molar-refractivity contribution in [3.63, 3.8) is 0 Å². The average molecular weight is 232 g/mol. The van der Waals surface area contributed by atoms with E-state index in [0.717, 1.165) is 17.0 Å². The van der Waals surface area contributed by atoms with Gasteiger partial charge < -0.3 is 10.2 Å². The van der Waals surface area contributed by atoms with Crippen molar-refractivity contribution in [1.82, 2.24) is 4.98 Å². The SMILES string of the molecule is CC(C)c1nc2ccc(C(C)(C)CN)cc2o1. The van der Waals surface area contributed by atoms with Crippen LogP contribution in [0.15, 0.2) is 22.6 Å². The van der Waals surface area contributed by atoms with Gasteiger partial charge >= 0.3 is 0 Å². The molecule has 0 bridgehead atoms. The molecule has 1 heterocycles. The molecule has 3 heteroatoms. The van der Waals surface area contributed by atoms with Crippen molar-refractivity contribution in [3.05, 3.63) is 29.7 Å². The molecule has 0 atom stereocenters. The molecule has 0 saturated heterocycles. The Morgan fingerprint density at radius 2 is 2.06 bits per heavy atom. The van der Waals surface area contributed by atoms with Crippen LogP contribution in [0.5, 0.6) is 0 Å². The Kier molecular flexibility index (Phi) is 2.96. The number of hydrogen-bond donors (Lipinski definition) is 1. The normalized spacial score (nSPS) is 12.6. The number of rotatable bonds is 3. The predicted molar refractivity (Wildman–Crippen MR) is 70.2 cm³/mol. The molecule has 0 aliphatic rings. The molecule has 2 rings (SSSR count). The summed E-state index contributed by atoms with van der Waals surface area (Å²) in [5.41, 5.74) is 8.73. The monoisotopic (exact) mass is 232 g/mol. The first-order chi connectivity index (χ1) is 7.94. The van der Waals surface area contributed by atoms with Crippen molar-refractivity contribution >= 4 is 11.1 Å². The lowest BCUT2D eigenvalue weighted by Crippen LogP contribution is -2.27. The molecule has 0 amide bonds. The first-order valence-electron chi connectivity index (χ1n) is 6.05. The lowest BCUT2D eigenvalue weighted by atomic mass is 9.85. The molecule has 2 aromatic rings. The maximum atomic E-state index is 5.79. The van der Waals surface area contributed by atoms with E-state index in [0.29, 0.717) is 12.5 Å². The van der Waals surface area contributed by atoms with E-state index in [1.54, 1.807) is 0 Å². The van der Waals surface area contributed by atoms with Crippen LogP contribution < -0.4 is 5.73 Å². The number of nitrogens with two attached hydrogens (primary N) is 1. The zero-order valence-corrected chi connectivity index (χ0v) is 10.9. The zero-order valence-electron chi connectivity index (χ0n) is 10.9. The summed E-state index contributed by atoms with van der Waals surface area (Å²) in [7, 11) is 0. The smallest absolute Gasteiger partial charge is 0.198 e. The van der Waals surface area contributed by atoms with Crippen molar-refractivity contribution in [1.29, 1.82) is 0 Å². The van der Waals surface area contributed by atoms with E-state index in [2.05, 4.69) is 44.8 Å². The summed E-state index contributed by atoms with van der Waals surface area (Å²) in [5, 5.41) is 0. The van der Waals surface area contributed by atoms with Crippen molar-refractivity contribution in [2.24, 2.45) is 5.73 Å². The number of aromatic nitrogens is 1. The molecule has 0 aliphatic heterocycles. The average Bonchev–Trinajstić information content (AvgIpc) is 2.71. The second-order valence-electron chi connectivity index (χ2n) is 5.48. The molecule has 0 saturated carbocycles. The molecular weight excluding hydrogens is 212 g/mol. The van der Waals surface area contributed by atoms with Gasteiger partial charge in [0.1, 0.15) is 5.52 Å². The highest BCUT2D eigenvalue weighted by Gasteiger charge is 2.20. The van der Waals surface area contributed by atoms with Crippen molar-refractivity contribution in [2.75, 3.05) is 6.54 Å². The first-order valence-corrected chi connectivity index (χ1v) is 6.05. The lowest BCUT2D eigenvalue weighted by molar-refractivity contribution is 0.498. The van der Waals surface area contributed by atoms with Crippen LogP contribution >= 0.6 is 0 Å². The predicted octanol–water partition coefficient (Wildman–Crippen LogP) is 3.19. The largest absolute Gasteiger partial charge is 0.440 e. The summed E-state index contributed by atoms with van der Waals surface area (Å²) in [4.78, 5) is 4.46. The first kappa shape index (κ1) is 12.1. The fourth-order valence-electron chi connectivity index (χ4n) is 1.73. The third kappa shape index (κ3) is 2.20. The number of fused-ring (bicyclic) bond motifs is 1. The van der Waals surface area contributed by atoms with Crippen LogP contribution in [0.25, 0.3) is 11.1 Å². The van der Waals surface area contributed by atoms with Crippen LogP contribution in [0.3, 0.4) is 0 Å². The van der Waals surface area contributed by atoms with E-state index >= 15 is 0 Å². The van der Waals surface area contributed by atoms with E-state index in [1.807, 2.05) is 6.07 Å². The van der Waals surface area contributed by atoms with E-state index in [4.69, 9.17) is 10.2 Å². The minimum absolute atomic E-state index is 0.0288. The number of hydrogen-bond acceptors (Lipinski definition) is 3. The second kappa shape index (κ2) is 4.15. The molecule has 0 aliphatic carbocycles. The standard InChI is InChI=1S/C14H20N2O/c1-9(2)13-16-11-6-5-10(7-12(11)17-13)14(3,4)8-15/h5-7,9H,8,15H2,1-4H3. The van der Waals surface area contributed by atoms with E-state index < -0.39 is 0 Å². The van der Waals surface area contributed by atoms with Gasteiger partial charge in [-0.1, -0.05) is 33.8 Å². The summed E-state index contributed by atoms with van der Waals surface area (Å²) in [6.45, 7) is 9.04. The van der Waals surface area contributed by atoms with Crippen LogP contribution in [0.4, 0.5) is 0 Å². The van der Waals surface area contributed by atoms with Gasteiger partial charge in [0.2, 0.25) is 0 Å². The van der Waals surface area contributed by atoms with Gasteiger partial charge in [-0.2, -0.15) is 0 Å². The van der Waals surface area contributed by atoms with Crippen LogP contribution in [0, 0.1) is 0 Å². The Labute approximate surface area is 102 Å². The van der Waals surface area contributed by atoms with Gasteiger partial charge in [0.15, 0.2) is 11.5 Å². The molecule has 0 spiro atoms. The third-order valence-electron chi connectivity index (χ3n) is 3.19. The quantitative estimate of drug-likeness (QED) is 0.884. The Bertz CT molecular complexity index is 526. The van der Waals surface area contributed by atoms with Crippen LogP contribution in [-0.2, 0) is 5.41 Å². The van der Waals surface area contributed by atoms with Crippen LogP contribution in [0.1, 0.15) is 45.1 Å². The Balaban J connectivity index is 2.50. The van der Waals surface area contributed by atoms with Gasteiger partial charge in [-0.05, 0) is 17.7 Å². The van der Waals surface area contributed by atoms with Crippen LogP contribution in [-0.4, -0.2) is 11.5 Å². The fourth-order valence-corrected chi connectivity index (χ4v) is 1.73. The Hall–Kier alpha value is -1.35. The zero-order chi connectivity index (χ0) is 12.6. The maximum Gasteiger partial charge on any atom is 0.198 e. The van der Waals surface area contributed by atoms with E-state index in [-0.39, 0.29) is 5.41 Å². The lowest BCUT2D eigenvalue weighted by Gasteiger charge is -2.22. The van der Waals surface area contributed by atoms with Gasteiger partial charge in [0.25, 0.3) is 0 Å². The maximum absolute atomic E-state index is 5.79. The van der Waals surface area contributed by atoms with Crippen molar-refractivity contribution < 1.29 is 4.42 Å². The molecule has 0 fully saturated rings. The molecule has 1 aromatic carbocycles. The third-order valence-corrected chi connectivity index (χ3v) is 3.19. The second-order valence-corrected chi connectivity index (χ2v) is 5.48. The fraction of sp³-hybridized carbons (Fsp3) is 0.500. The number of nitrogens with zero attached hydrogens (tertiary/aromatic N) is 1.